The molecular formula is C15H14FN3O2. The smallest absolute Gasteiger partial charge is 0.257 e. The van der Waals surface area contributed by atoms with E-state index in [-0.39, 0.29) is 11.5 Å². The maximum Gasteiger partial charge on any atom is 0.257 e. The van der Waals surface area contributed by atoms with Crippen molar-refractivity contribution >= 4 is 17.5 Å². The van der Waals surface area contributed by atoms with E-state index in [1.807, 2.05) is 0 Å². The summed E-state index contributed by atoms with van der Waals surface area (Å²) >= 11 is 0. The highest BCUT2D eigenvalue weighted by atomic mass is 19.1. The van der Waals surface area contributed by atoms with Crippen molar-refractivity contribution in [3.8, 4) is 0 Å². The highest BCUT2D eigenvalue weighted by Crippen LogP contribution is 2.17. The van der Waals surface area contributed by atoms with Crippen LogP contribution in [0.2, 0.25) is 0 Å². The van der Waals surface area contributed by atoms with Gasteiger partial charge in [-0.05, 0) is 24.3 Å². The first-order chi connectivity index (χ1) is 9.99. The van der Waals surface area contributed by atoms with E-state index in [1.165, 1.54) is 11.0 Å². The lowest BCUT2D eigenvalue weighted by molar-refractivity contribution is 0.0828. The van der Waals surface area contributed by atoms with E-state index in [2.05, 4.69) is 10.3 Å². The summed E-state index contributed by atoms with van der Waals surface area (Å²) in [5.74, 6) is -1.33. The molecule has 2 rings (SSSR count). The molecule has 0 atom stereocenters. The van der Waals surface area contributed by atoms with Crippen molar-refractivity contribution in [1.29, 1.82) is 0 Å². The van der Waals surface area contributed by atoms with Gasteiger partial charge in [-0.3, -0.25) is 9.59 Å². The van der Waals surface area contributed by atoms with Crippen molar-refractivity contribution in [2.75, 3.05) is 19.4 Å². The molecule has 1 heterocycles. The Morgan fingerprint density at radius 1 is 1.14 bits per heavy atom. The zero-order valence-corrected chi connectivity index (χ0v) is 11.6. The predicted molar refractivity (Wildman–Crippen MR) is 76.6 cm³/mol. The number of anilines is 1. The number of para-hydroxylation sites is 1. The number of carbonyl (C=O) groups is 2. The number of carbonyl (C=O) groups excluding carboxylic acids is 2. The molecule has 0 spiro atoms. The van der Waals surface area contributed by atoms with Crippen molar-refractivity contribution in [3.05, 3.63) is 59.7 Å². The Labute approximate surface area is 121 Å². The Morgan fingerprint density at radius 3 is 2.48 bits per heavy atom. The van der Waals surface area contributed by atoms with Crippen LogP contribution in [-0.4, -0.2) is 35.8 Å². The van der Waals surface area contributed by atoms with Crippen LogP contribution in [0.15, 0.2) is 42.6 Å². The fourth-order valence-electron chi connectivity index (χ4n) is 1.72. The summed E-state index contributed by atoms with van der Waals surface area (Å²) in [6.45, 7) is 0. The minimum Gasteiger partial charge on any atom is -0.345 e. The maximum atomic E-state index is 12.7. The van der Waals surface area contributed by atoms with Crippen molar-refractivity contribution in [3.63, 3.8) is 0 Å². The van der Waals surface area contributed by atoms with Gasteiger partial charge in [-0.1, -0.05) is 12.1 Å². The van der Waals surface area contributed by atoms with Gasteiger partial charge in [0.25, 0.3) is 11.8 Å². The number of benzene rings is 1. The monoisotopic (exact) mass is 287 g/mol. The molecule has 0 aliphatic carbocycles. The van der Waals surface area contributed by atoms with Gasteiger partial charge in [-0.2, -0.15) is 4.39 Å². The SMILES string of the molecule is CN(C)C(=O)c1ccccc1NC(=O)c1ccc(F)nc1. The van der Waals surface area contributed by atoms with Crippen LogP contribution in [0.25, 0.3) is 0 Å². The number of pyridine rings is 1. The third-order valence-electron chi connectivity index (χ3n) is 2.80. The molecule has 0 bridgehead atoms. The second-order valence-corrected chi connectivity index (χ2v) is 4.57. The van der Waals surface area contributed by atoms with Crippen molar-refractivity contribution < 1.29 is 14.0 Å². The van der Waals surface area contributed by atoms with Gasteiger partial charge in [0.2, 0.25) is 5.95 Å². The Kier molecular flexibility index (Phi) is 4.27. The molecule has 1 N–H and O–H groups in total. The molecule has 0 unspecified atom stereocenters. The Bertz CT molecular complexity index is 669. The molecule has 0 radical (unpaired) electrons. The summed E-state index contributed by atoms with van der Waals surface area (Å²) in [5.41, 5.74) is 0.986. The normalized spacial score (nSPS) is 10.0. The van der Waals surface area contributed by atoms with Crippen molar-refractivity contribution in [2.24, 2.45) is 0 Å². The largest absolute Gasteiger partial charge is 0.345 e. The highest BCUT2D eigenvalue weighted by molar-refractivity contribution is 6.08. The first-order valence-electron chi connectivity index (χ1n) is 6.22. The Morgan fingerprint density at radius 2 is 1.86 bits per heavy atom. The lowest BCUT2D eigenvalue weighted by Gasteiger charge is -2.14. The molecular weight excluding hydrogens is 273 g/mol. The van der Waals surface area contributed by atoms with Crippen LogP contribution in [-0.2, 0) is 0 Å². The van der Waals surface area contributed by atoms with Gasteiger partial charge in [0.05, 0.1) is 16.8 Å². The number of nitrogens with one attached hydrogen (secondary N) is 1. The zero-order valence-electron chi connectivity index (χ0n) is 11.6. The number of hydrogen-bond acceptors (Lipinski definition) is 3. The average Bonchev–Trinajstić information content (AvgIpc) is 2.47. The molecule has 6 heteroatoms. The van der Waals surface area contributed by atoms with E-state index in [1.54, 1.807) is 38.4 Å². The van der Waals surface area contributed by atoms with Crippen LogP contribution in [0.1, 0.15) is 20.7 Å². The van der Waals surface area contributed by atoms with Gasteiger partial charge in [0.15, 0.2) is 0 Å². The van der Waals surface area contributed by atoms with Gasteiger partial charge in [0.1, 0.15) is 0 Å². The molecule has 0 fully saturated rings. The molecule has 108 valence electrons. The summed E-state index contributed by atoms with van der Waals surface area (Å²) < 4.78 is 12.7. The molecule has 1 aromatic heterocycles. The van der Waals surface area contributed by atoms with Crippen LogP contribution in [0.3, 0.4) is 0 Å². The van der Waals surface area contributed by atoms with Gasteiger partial charge in [-0.25, -0.2) is 4.98 Å². The summed E-state index contributed by atoms with van der Waals surface area (Å²) in [6, 6.07) is 9.11. The number of amides is 2. The van der Waals surface area contributed by atoms with Crippen LogP contribution < -0.4 is 5.32 Å². The second-order valence-electron chi connectivity index (χ2n) is 4.57. The third kappa shape index (κ3) is 3.42. The molecule has 0 aliphatic rings. The van der Waals surface area contributed by atoms with Crippen LogP contribution in [0, 0.1) is 5.95 Å². The molecule has 2 aromatic rings. The first-order valence-corrected chi connectivity index (χ1v) is 6.22. The van der Waals surface area contributed by atoms with Crippen molar-refractivity contribution in [2.45, 2.75) is 0 Å². The molecule has 2 amide bonds. The average molecular weight is 287 g/mol. The maximum absolute atomic E-state index is 12.7. The van der Waals surface area contributed by atoms with Crippen LogP contribution in [0.5, 0.6) is 0 Å². The highest BCUT2D eigenvalue weighted by Gasteiger charge is 2.15. The van der Waals surface area contributed by atoms with E-state index in [0.29, 0.717) is 11.3 Å². The number of halogens is 1. The number of hydrogen-bond donors (Lipinski definition) is 1. The van der Waals surface area contributed by atoms with E-state index < -0.39 is 11.9 Å². The minimum absolute atomic E-state index is 0.212. The predicted octanol–water partition coefficient (Wildman–Crippen LogP) is 2.17. The molecule has 5 nitrogen and oxygen atoms in total. The molecule has 0 saturated carbocycles. The quantitative estimate of drug-likeness (QED) is 0.880. The standard InChI is InChI=1S/C15H14FN3O2/c1-19(2)15(21)11-5-3-4-6-12(11)18-14(20)10-7-8-13(16)17-9-10/h3-9H,1-2H3,(H,18,20). The summed E-state index contributed by atoms with van der Waals surface area (Å²) in [4.78, 5) is 29.0. The van der Waals surface area contributed by atoms with Gasteiger partial charge < -0.3 is 10.2 Å². The molecule has 0 aliphatic heterocycles. The third-order valence-corrected chi connectivity index (χ3v) is 2.80. The van der Waals surface area contributed by atoms with Crippen LogP contribution >= 0.6 is 0 Å². The van der Waals surface area contributed by atoms with E-state index >= 15 is 0 Å². The zero-order chi connectivity index (χ0) is 15.4. The van der Waals surface area contributed by atoms with Gasteiger partial charge >= 0.3 is 0 Å². The number of aromatic nitrogens is 1. The van der Waals surface area contributed by atoms with E-state index in [0.717, 1.165) is 12.3 Å². The fourth-order valence-corrected chi connectivity index (χ4v) is 1.72. The first kappa shape index (κ1) is 14.6. The topological polar surface area (TPSA) is 62.3 Å². The van der Waals surface area contributed by atoms with E-state index in [9.17, 15) is 14.0 Å². The minimum atomic E-state index is -0.658. The summed E-state index contributed by atoms with van der Waals surface area (Å²) in [6.07, 6.45) is 1.14. The number of nitrogens with zero attached hydrogens (tertiary/aromatic N) is 2. The van der Waals surface area contributed by atoms with Crippen LogP contribution in [0.4, 0.5) is 10.1 Å². The molecule has 1 aromatic carbocycles. The summed E-state index contributed by atoms with van der Waals surface area (Å²) in [7, 11) is 3.26. The molecule has 0 saturated heterocycles. The van der Waals surface area contributed by atoms with Gasteiger partial charge in [0, 0.05) is 20.3 Å². The lowest BCUT2D eigenvalue weighted by Crippen LogP contribution is -2.24. The summed E-state index contributed by atoms with van der Waals surface area (Å²) in [5, 5.41) is 2.63. The fraction of sp³-hybridized carbons (Fsp3) is 0.133. The lowest BCUT2D eigenvalue weighted by atomic mass is 10.1. The van der Waals surface area contributed by atoms with Crippen molar-refractivity contribution in [1.82, 2.24) is 9.88 Å². The number of rotatable bonds is 3. The second kappa shape index (κ2) is 6.13. The Hall–Kier alpha value is -2.76. The Balaban J connectivity index is 2.25. The van der Waals surface area contributed by atoms with E-state index in [4.69, 9.17) is 0 Å². The van der Waals surface area contributed by atoms with Gasteiger partial charge in [-0.15, -0.1) is 0 Å². The molecule has 21 heavy (non-hydrogen) atoms.